The molecule has 0 saturated heterocycles. The summed E-state index contributed by atoms with van der Waals surface area (Å²) >= 11 is 1.41. The van der Waals surface area contributed by atoms with Crippen LogP contribution in [0, 0.1) is 5.92 Å². The van der Waals surface area contributed by atoms with Gasteiger partial charge in [-0.2, -0.15) is 0 Å². The van der Waals surface area contributed by atoms with Gasteiger partial charge >= 0.3 is 5.97 Å². The van der Waals surface area contributed by atoms with Gasteiger partial charge in [0.1, 0.15) is 5.25 Å². The summed E-state index contributed by atoms with van der Waals surface area (Å²) in [6.07, 6.45) is 3.41. The average molecular weight is 228 g/mol. The van der Waals surface area contributed by atoms with E-state index in [2.05, 4.69) is 9.97 Å². The number of carbonyl (C=O) groups excluding carboxylic acids is 1. The van der Waals surface area contributed by atoms with Crippen molar-refractivity contribution in [2.24, 2.45) is 5.92 Å². The maximum absolute atomic E-state index is 11.6. The Morgan fingerprint density at radius 1 is 1.67 bits per heavy atom. The predicted molar refractivity (Wildman–Crippen MR) is 59.7 cm³/mol. The largest absolute Gasteiger partial charge is 0.465 e. The number of carbonyl (C=O) groups is 1. The van der Waals surface area contributed by atoms with E-state index in [0.717, 1.165) is 5.16 Å². The van der Waals surface area contributed by atoms with Crippen molar-refractivity contribution >= 4 is 17.7 Å². The van der Waals surface area contributed by atoms with Gasteiger partial charge in [0.05, 0.1) is 6.61 Å². The van der Waals surface area contributed by atoms with Crippen molar-refractivity contribution in [3.63, 3.8) is 0 Å². The third-order valence-corrected chi connectivity index (χ3v) is 3.27. The number of ether oxygens (including phenoxy) is 1. The summed E-state index contributed by atoms with van der Waals surface area (Å²) in [6, 6.07) is 0. The molecule has 0 aliphatic heterocycles. The number of rotatable bonds is 5. The molecule has 1 heterocycles. The first kappa shape index (κ1) is 12.1. The molecule has 0 saturated carbocycles. The van der Waals surface area contributed by atoms with Crippen LogP contribution in [-0.2, 0) is 9.53 Å². The van der Waals surface area contributed by atoms with Crippen molar-refractivity contribution in [2.45, 2.75) is 31.2 Å². The highest BCUT2D eigenvalue weighted by Crippen LogP contribution is 2.26. The fourth-order valence-corrected chi connectivity index (χ4v) is 2.05. The number of esters is 1. The van der Waals surface area contributed by atoms with Gasteiger partial charge in [0, 0.05) is 12.4 Å². The lowest BCUT2D eigenvalue weighted by atomic mass is 10.1. The van der Waals surface area contributed by atoms with E-state index in [1.165, 1.54) is 11.8 Å². The van der Waals surface area contributed by atoms with E-state index in [-0.39, 0.29) is 17.1 Å². The summed E-state index contributed by atoms with van der Waals surface area (Å²) in [5.74, 6) is 0.0491. The van der Waals surface area contributed by atoms with Crippen LogP contribution in [0.5, 0.6) is 0 Å². The quantitative estimate of drug-likeness (QED) is 0.619. The highest BCUT2D eigenvalue weighted by atomic mass is 32.2. The zero-order valence-electron chi connectivity index (χ0n) is 9.19. The standard InChI is InChI=1S/C10H16N2O2S/c1-4-14-9(13)8(7(2)3)15-10-11-5-6-12-10/h5-8H,4H2,1-3H3,(H,11,12)/t8-/m1/s1. The van der Waals surface area contributed by atoms with E-state index in [1.807, 2.05) is 20.8 Å². The third kappa shape index (κ3) is 3.58. The number of aromatic amines is 1. The van der Waals surface area contributed by atoms with Gasteiger partial charge in [0.15, 0.2) is 5.16 Å². The highest BCUT2D eigenvalue weighted by Gasteiger charge is 2.25. The monoisotopic (exact) mass is 228 g/mol. The van der Waals surface area contributed by atoms with Crippen molar-refractivity contribution in [2.75, 3.05) is 6.61 Å². The molecule has 0 fully saturated rings. The number of hydrogen-bond acceptors (Lipinski definition) is 4. The SMILES string of the molecule is CCOC(=O)[C@H](Sc1ncc[nH]1)C(C)C. The number of hydrogen-bond donors (Lipinski definition) is 1. The molecular weight excluding hydrogens is 212 g/mol. The summed E-state index contributed by atoms with van der Waals surface area (Å²) in [6.45, 7) is 6.22. The molecule has 0 unspecified atom stereocenters. The molecule has 0 amide bonds. The Bertz CT molecular complexity index is 298. The van der Waals surface area contributed by atoms with Crippen molar-refractivity contribution in [3.05, 3.63) is 12.4 Å². The number of H-pyrrole nitrogens is 1. The van der Waals surface area contributed by atoms with Crippen LogP contribution in [0.2, 0.25) is 0 Å². The molecule has 15 heavy (non-hydrogen) atoms. The number of nitrogens with one attached hydrogen (secondary N) is 1. The molecule has 1 N–H and O–H groups in total. The number of aromatic nitrogens is 2. The second-order valence-electron chi connectivity index (χ2n) is 3.43. The van der Waals surface area contributed by atoms with E-state index < -0.39 is 0 Å². The zero-order chi connectivity index (χ0) is 11.3. The Morgan fingerprint density at radius 3 is 2.87 bits per heavy atom. The van der Waals surface area contributed by atoms with Gasteiger partial charge in [-0.25, -0.2) is 4.98 Å². The van der Waals surface area contributed by atoms with Crippen LogP contribution in [0.15, 0.2) is 17.6 Å². The Labute approximate surface area is 93.8 Å². The van der Waals surface area contributed by atoms with Crippen LogP contribution in [0.4, 0.5) is 0 Å². The lowest BCUT2D eigenvalue weighted by Crippen LogP contribution is -2.25. The molecule has 0 radical (unpaired) electrons. The normalized spacial score (nSPS) is 12.8. The second-order valence-corrected chi connectivity index (χ2v) is 4.56. The number of nitrogens with zero attached hydrogens (tertiary/aromatic N) is 1. The molecule has 1 aromatic heterocycles. The Morgan fingerprint density at radius 2 is 2.40 bits per heavy atom. The molecule has 1 aromatic rings. The summed E-state index contributed by atoms with van der Waals surface area (Å²) in [5, 5.41) is 0.554. The zero-order valence-corrected chi connectivity index (χ0v) is 10.0. The van der Waals surface area contributed by atoms with Crippen LogP contribution >= 0.6 is 11.8 Å². The van der Waals surface area contributed by atoms with Crippen LogP contribution in [0.3, 0.4) is 0 Å². The number of thioether (sulfide) groups is 1. The molecule has 1 atom stereocenters. The van der Waals surface area contributed by atoms with Crippen LogP contribution in [0.1, 0.15) is 20.8 Å². The minimum Gasteiger partial charge on any atom is -0.465 e. The van der Waals surface area contributed by atoms with E-state index in [0.29, 0.717) is 6.61 Å². The van der Waals surface area contributed by atoms with Crippen molar-refractivity contribution in [1.82, 2.24) is 9.97 Å². The van der Waals surface area contributed by atoms with E-state index in [9.17, 15) is 4.79 Å². The van der Waals surface area contributed by atoms with Gasteiger partial charge in [0.25, 0.3) is 0 Å². The van der Waals surface area contributed by atoms with Gasteiger partial charge < -0.3 is 9.72 Å². The van der Waals surface area contributed by atoms with Gasteiger partial charge in [0.2, 0.25) is 0 Å². The minimum atomic E-state index is -0.198. The maximum atomic E-state index is 11.6. The molecule has 4 nitrogen and oxygen atoms in total. The highest BCUT2D eigenvalue weighted by molar-refractivity contribution is 8.00. The molecule has 0 aliphatic rings. The van der Waals surface area contributed by atoms with Crippen molar-refractivity contribution < 1.29 is 9.53 Å². The Balaban J connectivity index is 2.62. The van der Waals surface area contributed by atoms with Crippen LogP contribution in [0.25, 0.3) is 0 Å². The maximum Gasteiger partial charge on any atom is 0.319 e. The third-order valence-electron chi connectivity index (χ3n) is 1.84. The first-order valence-electron chi connectivity index (χ1n) is 4.97. The molecule has 0 bridgehead atoms. The van der Waals surface area contributed by atoms with Gasteiger partial charge in [-0.1, -0.05) is 25.6 Å². The molecule has 84 valence electrons. The summed E-state index contributed by atoms with van der Waals surface area (Å²) in [5.41, 5.74) is 0. The average Bonchev–Trinajstić information content (AvgIpc) is 2.66. The molecule has 5 heteroatoms. The first-order valence-corrected chi connectivity index (χ1v) is 5.85. The molecule has 1 rings (SSSR count). The summed E-state index contributed by atoms with van der Waals surface area (Å²) in [4.78, 5) is 18.7. The van der Waals surface area contributed by atoms with Gasteiger partial charge in [-0.05, 0) is 12.8 Å². The first-order chi connectivity index (χ1) is 7.15. The molecule has 0 aromatic carbocycles. The van der Waals surface area contributed by atoms with Gasteiger partial charge in [-0.15, -0.1) is 0 Å². The van der Waals surface area contributed by atoms with E-state index in [4.69, 9.17) is 4.74 Å². The van der Waals surface area contributed by atoms with E-state index >= 15 is 0 Å². The van der Waals surface area contributed by atoms with E-state index in [1.54, 1.807) is 12.4 Å². The fourth-order valence-electron chi connectivity index (χ4n) is 1.12. The predicted octanol–water partition coefficient (Wildman–Crippen LogP) is 2.09. The number of imidazole rings is 1. The van der Waals surface area contributed by atoms with Crippen LogP contribution in [-0.4, -0.2) is 27.8 Å². The molecule has 0 aliphatic carbocycles. The fraction of sp³-hybridized carbons (Fsp3) is 0.600. The minimum absolute atomic E-state index is 0.172. The smallest absolute Gasteiger partial charge is 0.319 e. The summed E-state index contributed by atoms with van der Waals surface area (Å²) in [7, 11) is 0. The lowest BCUT2D eigenvalue weighted by Gasteiger charge is -2.16. The second kappa shape index (κ2) is 5.80. The Kier molecular flexibility index (Phi) is 4.68. The van der Waals surface area contributed by atoms with Crippen molar-refractivity contribution in [1.29, 1.82) is 0 Å². The topological polar surface area (TPSA) is 55.0 Å². The van der Waals surface area contributed by atoms with Gasteiger partial charge in [-0.3, -0.25) is 4.79 Å². The lowest BCUT2D eigenvalue weighted by molar-refractivity contribution is -0.143. The van der Waals surface area contributed by atoms with Crippen molar-refractivity contribution in [3.8, 4) is 0 Å². The molecule has 0 spiro atoms. The summed E-state index contributed by atoms with van der Waals surface area (Å²) < 4.78 is 5.01. The molecular formula is C10H16N2O2S. The van der Waals surface area contributed by atoms with Crippen LogP contribution < -0.4 is 0 Å². The Hall–Kier alpha value is -0.970.